The van der Waals surface area contributed by atoms with Crippen molar-refractivity contribution in [1.29, 1.82) is 0 Å². The SMILES string of the molecule is CCOC(=O)c1ccc(N=C2S[C@@H](C(=O)Nc3cccc(OCC)c3)CC(=O)N2CCc2ccc(F)cc2)cc1. The summed E-state index contributed by atoms with van der Waals surface area (Å²) in [5.74, 6) is -0.702. The molecule has 10 heteroatoms. The lowest BCUT2D eigenvalue weighted by Gasteiger charge is -2.32. The zero-order chi connectivity index (χ0) is 28.5. The smallest absolute Gasteiger partial charge is 0.338 e. The minimum atomic E-state index is -0.706. The minimum Gasteiger partial charge on any atom is -0.494 e. The van der Waals surface area contributed by atoms with Crippen molar-refractivity contribution in [2.24, 2.45) is 4.99 Å². The summed E-state index contributed by atoms with van der Waals surface area (Å²) in [5, 5.41) is 2.53. The Morgan fingerprint density at radius 3 is 2.50 bits per heavy atom. The molecule has 3 aromatic rings. The molecule has 0 spiro atoms. The fourth-order valence-corrected chi connectivity index (χ4v) is 5.13. The molecule has 1 aliphatic heterocycles. The molecule has 0 bridgehead atoms. The van der Waals surface area contributed by atoms with E-state index in [0.29, 0.717) is 47.4 Å². The van der Waals surface area contributed by atoms with Crippen molar-refractivity contribution in [3.63, 3.8) is 0 Å². The number of esters is 1. The number of hydrogen-bond acceptors (Lipinski definition) is 7. The molecule has 0 aromatic heterocycles. The lowest BCUT2D eigenvalue weighted by Crippen LogP contribution is -2.46. The maximum Gasteiger partial charge on any atom is 0.338 e. The molecule has 1 aliphatic rings. The molecule has 0 radical (unpaired) electrons. The molecule has 2 amide bonds. The highest BCUT2D eigenvalue weighted by Crippen LogP contribution is 2.31. The Kier molecular flexibility index (Phi) is 9.91. The first-order chi connectivity index (χ1) is 19.4. The third kappa shape index (κ3) is 7.69. The number of aliphatic imine (C=N–C) groups is 1. The van der Waals surface area contributed by atoms with Gasteiger partial charge in [0.1, 0.15) is 16.8 Å². The third-order valence-electron chi connectivity index (χ3n) is 5.99. The van der Waals surface area contributed by atoms with Gasteiger partial charge in [0.15, 0.2) is 5.17 Å². The number of hydrogen-bond donors (Lipinski definition) is 1. The number of halogens is 1. The monoisotopic (exact) mass is 563 g/mol. The van der Waals surface area contributed by atoms with Crippen LogP contribution in [0.25, 0.3) is 0 Å². The molecule has 40 heavy (non-hydrogen) atoms. The number of carbonyl (C=O) groups is 3. The summed E-state index contributed by atoms with van der Waals surface area (Å²) in [7, 11) is 0. The van der Waals surface area contributed by atoms with Gasteiger partial charge in [-0.05, 0) is 74.4 Å². The van der Waals surface area contributed by atoms with Crippen LogP contribution in [0.5, 0.6) is 5.75 Å². The van der Waals surface area contributed by atoms with Crippen molar-refractivity contribution in [2.75, 3.05) is 25.1 Å². The van der Waals surface area contributed by atoms with Crippen molar-refractivity contribution < 1.29 is 28.2 Å². The van der Waals surface area contributed by atoms with E-state index in [1.807, 2.05) is 6.92 Å². The van der Waals surface area contributed by atoms with Crippen molar-refractivity contribution in [2.45, 2.75) is 31.9 Å². The van der Waals surface area contributed by atoms with Gasteiger partial charge in [-0.25, -0.2) is 14.2 Å². The number of benzene rings is 3. The van der Waals surface area contributed by atoms with Crippen LogP contribution < -0.4 is 10.1 Å². The van der Waals surface area contributed by atoms with E-state index < -0.39 is 11.2 Å². The molecular formula is C30H30FN3O5S. The fraction of sp³-hybridized carbons (Fsp3) is 0.267. The Balaban J connectivity index is 1.55. The second-order valence-electron chi connectivity index (χ2n) is 8.84. The highest BCUT2D eigenvalue weighted by Gasteiger charge is 2.36. The molecule has 1 atom stereocenters. The van der Waals surface area contributed by atoms with E-state index in [-0.39, 0.29) is 30.7 Å². The zero-order valence-corrected chi connectivity index (χ0v) is 23.1. The number of nitrogens with zero attached hydrogens (tertiary/aromatic N) is 2. The van der Waals surface area contributed by atoms with Crippen molar-refractivity contribution in [3.8, 4) is 5.75 Å². The topological polar surface area (TPSA) is 97.3 Å². The van der Waals surface area contributed by atoms with Crippen LogP contribution in [0.3, 0.4) is 0 Å². The van der Waals surface area contributed by atoms with Gasteiger partial charge in [0.05, 0.1) is 24.5 Å². The van der Waals surface area contributed by atoms with Crippen LogP contribution in [0.2, 0.25) is 0 Å². The largest absolute Gasteiger partial charge is 0.494 e. The third-order valence-corrected chi connectivity index (χ3v) is 7.17. The van der Waals surface area contributed by atoms with Crippen LogP contribution in [0.15, 0.2) is 77.8 Å². The molecule has 1 saturated heterocycles. The van der Waals surface area contributed by atoms with Gasteiger partial charge in [-0.3, -0.25) is 14.5 Å². The quantitative estimate of drug-likeness (QED) is 0.323. The second-order valence-corrected chi connectivity index (χ2v) is 10.0. The van der Waals surface area contributed by atoms with Crippen molar-refractivity contribution >= 4 is 46.1 Å². The molecular weight excluding hydrogens is 533 g/mol. The number of ether oxygens (including phenoxy) is 2. The van der Waals surface area contributed by atoms with E-state index in [0.717, 1.165) is 5.56 Å². The summed E-state index contributed by atoms with van der Waals surface area (Å²) < 4.78 is 23.9. The van der Waals surface area contributed by atoms with Crippen LogP contribution in [-0.2, 0) is 20.7 Å². The van der Waals surface area contributed by atoms with Gasteiger partial charge in [0.25, 0.3) is 0 Å². The highest BCUT2D eigenvalue weighted by atomic mass is 32.2. The minimum absolute atomic E-state index is 0.00805. The fourth-order valence-electron chi connectivity index (χ4n) is 4.00. The van der Waals surface area contributed by atoms with E-state index in [1.165, 1.54) is 23.9 Å². The van der Waals surface area contributed by atoms with Crippen LogP contribution in [0.1, 0.15) is 36.2 Å². The molecule has 0 aliphatic carbocycles. The standard InChI is InChI=1S/C30H30FN3O5S/c1-3-38-25-7-5-6-24(18-25)32-28(36)26-19-27(35)34(17-16-20-8-12-22(31)13-9-20)30(40-26)33-23-14-10-21(11-15-23)29(37)39-4-2/h5-15,18,26H,3-4,16-17,19H2,1-2H3,(H,32,36)/t26-/m1/s1. The van der Waals surface area contributed by atoms with Crippen LogP contribution in [0.4, 0.5) is 15.8 Å². The number of amides is 2. The van der Waals surface area contributed by atoms with Crippen LogP contribution in [0, 0.1) is 5.82 Å². The van der Waals surface area contributed by atoms with E-state index >= 15 is 0 Å². The maximum absolute atomic E-state index is 13.3. The summed E-state index contributed by atoms with van der Waals surface area (Å²) in [5.41, 5.74) is 2.33. The van der Waals surface area contributed by atoms with Gasteiger partial charge in [0.2, 0.25) is 11.8 Å². The molecule has 8 nitrogen and oxygen atoms in total. The van der Waals surface area contributed by atoms with Crippen molar-refractivity contribution in [1.82, 2.24) is 4.90 Å². The Hall–Kier alpha value is -4.18. The number of amidine groups is 1. The van der Waals surface area contributed by atoms with E-state index in [2.05, 4.69) is 10.3 Å². The molecule has 4 rings (SSSR count). The molecule has 0 saturated carbocycles. The molecule has 1 heterocycles. The van der Waals surface area contributed by atoms with Gasteiger partial charge < -0.3 is 14.8 Å². The van der Waals surface area contributed by atoms with Gasteiger partial charge in [-0.15, -0.1) is 0 Å². The maximum atomic E-state index is 13.3. The predicted octanol–water partition coefficient (Wildman–Crippen LogP) is 5.60. The first kappa shape index (κ1) is 28.8. The molecule has 1 N–H and O–H groups in total. The highest BCUT2D eigenvalue weighted by molar-refractivity contribution is 8.15. The summed E-state index contributed by atoms with van der Waals surface area (Å²) in [4.78, 5) is 44.7. The predicted molar refractivity (Wildman–Crippen MR) is 154 cm³/mol. The summed E-state index contributed by atoms with van der Waals surface area (Å²) >= 11 is 1.20. The first-order valence-electron chi connectivity index (χ1n) is 13.0. The lowest BCUT2D eigenvalue weighted by atomic mass is 10.1. The Morgan fingerprint density at radius 2 is 1.80 bits per heavy atom. The number of anilines is 1. The van der Waals surface area contributed by atoms with Crippen LogP contribution >= 0.6 is 11.8 Å². The average Bonchev–Trinajstić information content (AvgIpc) is 2.94. The van der Waals surface area contributed by atoms with Crippen LogP contribution in [-0.4, -0.2) is 52.9 Å². The summed E-state index contributed by atoms with van der Waals surface area (Å²) in [6.07, 6.45) is 0.473. The first-order valence-corrected chi connectivity index (χ1v) is 13.8. The van der Waals surface area contributed by atoms with Gasteiger partial charge in [0, 0.05) is 24.7 Å². The molecule has 1 fully saturated rings. The molecule has 208 valence electrons. The van der Waals surface area contributed by atoms with E-state index in [1.54, 1.807) is 72.5 Å². The molecule has 0 unspecified atom stereocenters. The number of nitrogens with one attached hydrogen (secondary N) is 1. The lowest BCUT2D eigenvalue weighted by molar-refractivity contribution is -0.129. The number of carbonyl (C=O) groups excluding carboxylic acids is 3. The summed E-state index contributed by atoms with van der Waals surface area (Å²) in [6, 6.07) is 19.7. The zero-order valence-electron chi connectivity index (χ0n) is 22.3. The Labute approximate surface area is 236 Å². The van der Waals surface area contributed by atoms with Gasteiger partial charge >= 0.3 is 5.97 Å². The van der Waals surface area contributed by atoms with Gasteiger partial charge in [-0.2, -0.15) is 0 Å². The van der Waals surface area contributed by atoms with E-state index in [4.69, 9.17) is 9.47 Å². The second kappa shape index (κ2) is 13.7. The average molecular weight is 564 g/mol. The van der Waals surface area contributed by atoms with Crippen molar-refractivity contribution in [3.05, 3.63) is 89.7 Å². The number of thioether (sulfide) groups is 1. The normalized spacial score (nSPS) is 16.1. The van der Waals surface area contributed by atoms with Gasteiger partial charge in [-0.1, -0.05) is 30.0 Å². The molecule has 3 aromatic carbocycles. The Bertz CT molecular complexity index is 1380. The van der Waals surface area contributed by atoms with E-state index in [9.17, 15) is 18.8 Å². The Morgan fingerprint density at radius 1 is 1.05 bits per heavy atom. The number of rotatable bonds is 10. The summed E-state index contributed by atoms with van der Waals surface area (Å²) in [6.45, 7) is 4.69.